The lowest BCUT2D eigenvalue weighted by atomic mass is 10.1. The van der Waals surface area contributed by atoms with E-state index in [1.807, 2.05) is 19.9 Å². The highest BCUT2D eigenvalue weighted by molar-refractivity contribution is 6.30. The van der Waals surface area contributed by atoms with Crippen molar-refractivity contribution in [1.29, 1.82) is 0 Å². The standard InChI is InChI=1S/C12H17ClN2O.ClH/c1-3-4-10(14)12(16)15-11-6-5-9(13)7-8(11)2;/h5-7,10H,3-4,14H2,1-2H3,(H,15,16);1H. The molecule has 1 aromatic carbocycles. The van der Waals surface area contributed by atoms with E-state index in [9.17, 15) is 4.79 Å². The van der Waals surface area contributed by atoms with Gasteiger partial charge in [-0.05, 0) is 37.1 Å². The second kappa shape index (κ2) is 7.54. The predicted octanol–water partition coefficient (Wildman–Crippen LogP) is 3.14. The molecular weight excluding hydrogens is 259 g/mol. The number of carbonyl (C=O) groups is 1. The minimum Gasteiger partial charge on any atom is -0.324 e. The summed E-state index contributed by atoms with van der Waals surface area (Å²) >= 11 is 5.83. The molecule has 0 radical (unpaired) electrons. The van der Waals surface area contributed by atoms with Crippen LogP contribution in [0.25, 0.3) is 0 Å². The van der Waals surface area contributed by atoms with Crippen molar-refractivity contribution in [2.24, 2.45) is 5.73 Å². The van der Waals surface area contributed by atoms with E-state index >= 15 is 0 Å². The molecule has 17 heavy (non-hydrogen) atoms. The molecular formula is C12H18Cl2N2O. The first-order valence-electron chi connectivity index (χ1n) is 5.37. The molecule has 1 rings (SSSR count). The summed E-state index contributed by atoms with van der Waals surface area (Å²) in [5.74, 6) is -0.146. The number of amides is 1. The number of rotatable bonds is 4. The second-order valence-electron chi connectivity index (χ2n) is 3.84. The van der Waals surface area contributed by atoms with Crippen LogP contribution in [0.3, 0.4) is 0 Å². The van der Waals surface area contributed by atoms with Gasteiger partial charge in [-0.3, -0.25) is 4.79 Å². The Hall–Kier alpha value is -0.770. The van der Waals surface area contributed by atoms with Crippen molar-refractivity contribution in [2.45, 2.75) is 32.7 Å². The molecule has 1 aromatic rings. The molecule has 0 aromatic heterocycles. The highest BCUT2D eigenvalue weighted by Gasteiger charge is 2.13. The molecule has 0 saturated heterocycles. The average Bonchev–Trinajstić information content (AvgIpc) is 2.22. The minimum atomic E-state index is -0.444. The van der Waals surface area contributed by atoms with Gasteiger partial charge in [0, 0.05) is 10.7 Å². The van der Waals surface area contributed by atoms with Crippen LogP contribution in [0.2, 0.25) is 5.02 Å². The van der Waals surface area contributed by atoms with E-state index in [0.717, 1.165) is 17.7 Å². The summed E-state index contributed by atoms with van der Waals surface area (Å²) < 4.78 is 0. The van der Waals surface area contributed by atoms with Crippen molar-refractivity contribution >= 4 is 35.6 Å². The third-order valence-electron chi connectivity index (χ3n) is 2.38. The van der Waals surface area contributed by atoms with Gasteiger partial charge in [0.05, 0.1) is 6.04 Å². The van der Waals surface area contributed by atoms with E-state index in [4.69, 9.17) is 17.3 Å². The maximum Gasteiger partial charge on any atom is 0.241 e. The summed E-state index contributed by atoms with van der Waals surface area (Å²) in [7, 11) is 0. The number of hydrogen-bond acceptors (Lipinski definition) is 2. The largest absolute Gasteiger partial charge is 0.324 e. The molecule has 96 valence electrons. The van der Waals surface area contributed by atoms with E-state index in [0.29, 0.717) is 11.4 Å². The molecule has 0 fully saturated rings. The molecule has 0 bridgehead atoms. The summed E-state index contributed by atoms with van der Waals surface area (Å²) in [6.07, 6.45) is 1.59. The van der Waals surface area contributed by atoms with Crippen LogP contribution < -0.4 is 11.1 Å². The zero-order valence-corrected chi connectivity index (χ0v) is 11.6. The zero-order valence-electron chi connectivity index (χ0n) is 10.00. The first-order valence-corrected chi connectivity index (χ1v) is 5.75. The molecule has 0 saturated carbocycles. The maximum atomic E-state index is 11.7. The van der Waals surface area contributed by atoms with Gasteiger partial charge in [0.25, 0.3) is 0 Å². The van der Waals surface area contributed by atoms with E-state index in [-0.39, 0.29) is 18.3 Å². The Morgan fingerprint density at radius 2 is 2.18 bits per heavy atom. The van der Waals surface area contributed by atoms with Gasteiger partial charge in [0.15, 0.2) is 0 Å². The number of anilines is 1. The van der Waals surface area contributed by atoms with E-state index in [1.54, 1.807) is 12.1 Å². The monoisotopic (exact) mass is 276 g/mol. The molecule has 0 aliphatic carbocycles. The van der Waals surface area contributed by atoms with Gasteiger partial charge in [-0.15, -0.1) is 12.4 Å². The minimum absolute atomic E-state index is 0. The first kappa shape index (κ1) is 16.2. The number of halogens is 2. The Balaban J connectivity index is 0.00000256. The van der Waals surface area contributed by atoms with Crippen molar-refractivity contribution in [1.82, 2.24) is 0 Å². The second-order valence-corrected chi connectivity index (χ2v) is 4.28. The normalized spacial score (nSPS) is 11.5. The lowest BCUT2D eigenvalue weighted by Gasteiger charge is -2.13. The first-order chi connectivity index (χ1) is 7.54. The number of benzene rings is 1. The van der Waals surface area contributed by atoms with Crippen LogP contribution in [0.4, 0.5) is 5.69 Å². The fourth-order valence-corrected chi connectivity index (χ4v) is 1.66. The van der Waals surface area contributed by atoms with Crippen LogP contribution in [0.15, 0.2) is 18.2 Å². The van der Waals surface area contributed by atoms with Crippen molar-refractivity contribution in [3.63, 3.8) is 0 Å². The Morgan fingerprint density at radius 3 is 2.71 bits per heavy atom. The molecule has 0 aliphatic rings. The van der Waals surface area contributed by atoms with Crippen molar-refractivity contribution < 1.29 is 4.79 Å². The van der Waals surface area contributed by atoms with Crippen LogP contribution in [-0.4, -0.2) is 11.9 Å². The smallest absolute Gasteiger partial charge is 0.241 e. The van der Waals surface area contributed by atoms with Crippen LogP contribution in [0.5, 0.6) is 0 Å². The van der Waals surface area contributed by atoms with Crippen LogP contribution >= 0.6 is 24.0 Å². The summed E-state index contributed by atoms with van der Waals surface area (Å²) in [4.78, 5) is 11.7. The summed E-state index contributed by atoms with van der Waals surface area (Å²) in [6.45, 7) is 3.90. The van der Waals surface area contributed by atoms with Gasteiger partial charge < -0.3 is 11.1 Å². The number of nitrogens with two attached hydrogens (primary N) is 1. The van der Waals surface area contributed by atoms with Gasteiger partial charge in [-0.25, -0.2) is 0 Å². The lowest BCUT2D eigenvalue weighted by molar-refractivity contribution is -0.117. The van der Waals surface area contributed by atoms with E-state index in [1.165, 1.54) is 0 Å². The Kier molecular flexibility index (Phi) is 7.19. The summed E-state index contributed by atoms with van der Waals surface area (Å²) in [5.41, 5.74) is 7.42. The molecule has 3 nitrogen and oxygen atoms in total. The Labute approximate surface area is 113 Å². The number of carbonyl (C=O) groups excluding carboxylic acids is 1. The number of nitrogens with one attached hydrogen (secondary N) is 1. The zero-order chi connectivity index (χ0) is 12.1. The van der Waals surface area contributed by atoms with Gasteiger partial charge >= 0.3 is 0 Å². The highest BCUT2D eigenvalue weighted by atomic mass is 35.5. The van der Waals surface area contributed by atoms with Crippen LogP contribution in [0.1, 0.15) is 25.3 Å². The summed E-state index contributed by atoms with van der Waals surface area (Å²) in [5, 5.41) is 3.46. The Morgan fingerprint density at radius 1 is 1.53 bits per heavy atom. The molecule has 1 amide bonds. The highest BCUT2D eigenvalue weighted by Crippen LogP contribution is 2.19. The number of aryl methyl sites for hydroxylation is 1. The van der Waals surface area contributed by atoms with Crippen LogP contribution in [-0.2, 0) is 4.79 Å². The molecule has 1 unspecified atom stereocenters. The molecule has 3 N–H and O–H groups in total. The van der Waals surface area contributed by atoms with Crippen LogP contribution in [0, 0.1) is 6.92 Å². The van der Waals surface area contributed by atoms with Gasteiger partial charge in [0.2, 0.25) is 5.91 Å². The topological polar surface area (TPSA) is 55.1 Å². The van der Waals surface area contributed by atoms with Crippen molar-refractivity contribution in [3.05, 3.63) is 28.8 Å². The van der Waals surface area contributed by atoms with Gasteiger partial charge in [-0.2, -0.15) is 0 Å². The maximum absolute atomic E-state index is 11.7. The quantitative estimate of drug-likeness (QED) is 0.888. The van der Waals surface area contributed by atoms with Gasteiger partial charge in [0.1, 0.15) is 0 Å². The van der Waals surface area contributed by atoms with Crippen molar-refractivity contribution in [2.75, 3.05) is 5.32 Å². The third kappa shape index (κ3) is 4.94. The molecule has 0 aliphatic heterocycles. The van der Waals surface area contributed by atoms with Gasteiger partial charge in [-0.1, -0.05) is 24.9 Å². The number of hydrogen-bond donors (Lipinski definition) is 2. The van der Waals surface area contributed by atoms with E-state index in [2.05, 4.69) is 5.32 Å². The Bertz CT molecular complexity index is 383. The van der Waals surface area contributed by atoms with Crippen molar-refractivity contribution in [3.8, 4) is 0 Å². The molecule has 5 heteroatoms. The average molecular weight is 277 g/mol. The lowest BCUT2D eigenvalue weighted by Crippen LogP contribution is -2.35. The molecule has 0 spiro atoms. The van der Waals surface area contributed by atoms with E-state index < -0.39 is 6.04 Å². The molecule has 1 atom stereocenters. The summed E-state index contributed by atoms with van der Waals surface area (Å²) in [6, 6.07) is 4.90. The fraction of sp³-hybridized carbons (Fsp3) is 0.417. The molecule has 0 heterocycles. The predicted molar refractivity (Wildman–Crippen MR) is 75.0 cm³/mol. The third-order valence-corrected chi connectivity index (χ3v) is 2.62. The fourth-order valence-electron chi connectivity index (χ4n) is 1.43. The SMILES string of the molecule is CCCC(N)C(=O)Nc1ccc(Cl)cc1C.Cl.